The van der Waals surface area contributed by atoms with Gasteiger partial charge in [-0.2, -0.15) is 5.10 Å². The number of amidine groups is 1. The molecule has 3 rings (SSSR count). The summed E-state index contributed by atoms with van der Waals surface area (Å²) in [5.41, 5.74) is 0.780. The summed E-state index contributed by atoms with van der Waals surface area (Å²) in [5.74, 6) is 1.46. The molecule has 112 valence electrons. The molecule has 0 atom stereocenters. The van der Waals surface area contributed by atoms with E-state index in [1.165, 1.54) is 18.0 Å². The van der Waals surface area contributed by atoms with E-state index in [-0.39, 0.29) is 5.91 Å². The molecule has 1 aromatic heterocycles. The lowest BCUT2D eigenvalue weighted by molar-refractivity contribution is -0.116. The smallest absolute Gasteiger partial charge is 0.236 e. The number of rotatable bonds is 3. The fraction of sp³-hybridized carbons (Fsp3) is 0.0714. The van der Waals surface area contributed by atoms with Crippen LogP contribution in [0, 0.1) is 0 Å². The first-order valence-electron chi connectivity index (χ1n) is 6.20. The van der Waals surface area contributed by atoms with E-state index in [9.17, 15) is 4.79 Å². The van der Waals surface area contributed by atoms with Crippen LogP contribution in [0.1, 0.15) is 5.76 Å². The number of hydrogen-bond donors (Lipinski definition) is 1. The Balaban J connectivity index is 1.75. The minimum atomic E-state index is -0.0722. The standard InChI is InChI=1S/C14H9Cl2N3O2S/c15-9-3-8(4-10(16)5-9)12-2-1-11(21-12)6-17-19-14-18-13(20)7-22-14/h1-6H,7H2,(H,18,19,20)/b17-6-. The van der Waals surface area contributed by atoms with Crippen LogP contribution in [-0.4, -0.2) is 23.0 Å². The number of furan rings is 1. The second kappa shape index (κ2) is 6.56. The third-order valence-corrected chi connectivity index (χ3v) is 3.99. The number of nitrogens with one attached hydrogen (secondary N) is 1. The summed E-state index contributed by atoms with van der Waals surface area (Å²) in [6.07, 6.45) is 1.47. The number of nitrogens with zero attached hydrogens (tertiary/aromatic N) is 2. The van der Waals surface area contributed by atoms with Crippen molar-refractivity contribution in [3.05, 3.63) is 46.1 Å². The molecule has 0 bridgehead atoms. The Labute approximate surface area is 140 Å². The highest BCUT2D eigenvalue weighted by molar-refractivity contribution is 8.15. The van der Waals surface area contributed by atoms with Crippen molar-refractivity contribution < 1.29 is 9.21 Å². The Morgan fingerprint density at radius 1 is 1.23 bits per heavy atom. The molecule has 2 heterocycles. The SMILES string of the molecule is O=C1CSC(=N/N=C\c2ccc(-c3cc(Cl)cc(Cl)c3)o2)N1. The van der Waals surface area contributed by atoms with Gasteiger partial charge in [0.15, 0.2) is 5.17 Å². The van der Waals surface area contributed by atoms with Gasteiger partial charge < -0.3 is 9.73 Å². The maximum atomic E-state index is 11.0. The molecule has 0 radical (unpaired) electrons. The van der Waals surface area contributed by atoms with Crippen molar-refractivity contribution in [3.8, 4) is 11.3 Å². The molecule has 2 aromatic rings. The molecule has 0 saturated carbocycles. The largest absolute Gasteiger partial charge is 0.455 e. The lowest BCUT2D eigenvalue weighted by Crippen LogP contribution is -2.19. The highest BCUT2D eigenvalue weighted by atomic mass is 35.5. The van der Waals surface area contributed by atoms with Crippen LogP contribution in [0.4, 0.5) is 0 Å². The molecule has 1 aliphatic heterocycles. The summed E-state index contributed by atoms with van der Waals surface area (Å²) < 4.78 is 5.64. The van der Waals surface area contributed by atoms with Gasteiger partial charge in [-0.05, 0) is 30.3 Å². The van der Waals surface area contributed by atoms with Crippen LogP contribution in [-0.2, 0) is 4.79 Å². The number of benzene rings is 1. The fourth-order valence-corrected chi connectivity index (χ4v) is 2.95. The first kappa shape index (κ1) is 15.1. The molecule has 1 fully saturated rings. The zero-order valence-corrected chi connectivity index (χ0v) is 13.4. The average Bonchev–Trinajstić information content (AvgIpc) is 3.07. The topological polar surface area (TPSA) is 67.0 Å². The van der Waals surface area contributed by atoms with E-state index in [4.69, 9.17) is 27.6 Å². The molecule has 1 aromatic carbocycles. The van der Waals surface area contributed by atoms with Gasteiger partial charge in [0.2, 0.25) is 5.91 Å². The van der Waals surface area contributed by atoms with E-state index in [0.717, 1.165) is 5.56 Å². The van der Waals surface area contributed by atoms with Gasteiger partial charge in [-0.1, -0.05) is 35.0 Å². The van der Waals surface area contributed by atoms with Gasteiger partial charge in [0.25, 0.3) is 0 Å². The molecule has 1 saturated heterocycles. The van der Waals surface area contributed by atoms with E-state index in [1.54, 1.807) is 30.3 Å². The lowest BCUT2D eigenvalue weighted by atomic mass is 10.2. The van der Waals surface area contributed by atoms with Crippen LogP contribution < -0.4 is 5.32 Å². The first-order chi connectivity index (χ1) is 10.6. The van der Waals surface area contributed by atoms with E-state index >= 15 is 0 Å². The molecule has 0 spiro atoms. The Hall–Kier alpha value is -1.76. The summed E-state index contributed by atoms with van der Waals surface area (Å²) in [4.78, 5) is 11.0. The summed E-state index contributed by atoms with van der Waals surface area (Å²) >= 11 is 13.2. The number of amides is 1. The van der Waals surface area contributed by atoms with Crippen molar-refractivity contribution in [3.63, 3.8) is 0 Å². The summed E-state index contributed by atoms with van der Waals surface area (Å²) in [7, 11) is 0. The average molecular weight is 354 g/mol. The minimum Gasteiger partial charge on any atom is -0.455 e. The second-order valence-corrected chi connectivity index (χ2v) is 6.18. The van der Waals surface area contributed by atoms with Gasteiger partial charge in [-0.3, -0.25) is 4.79 Å². The molecule has 8 heteroatoms. The Morgan fingerprint density at radius 2 is 2.00 bits per heavy atom. The van der Waals surface area contributed by atoms with Crippen LogP contribution >= 0.6 is 35.0 Å². The molecule has 22 heavy (non-hydrogen) atoms. The predicted octanol–water partition coefficient (Wildman–Crippen LogP) is 3.81. The highest BCUT2D eigenvalue weighted by Crippen LogP contribution is 2.28. The van der Waals surface area contributed by atoms with Crippen LogP contribution in [0.25, 0.3) is 11.3 Å². The molecule has 1 amide bonds. The van der Waals surface area contributed by atoms with Gasteiger partial charge in [0.1, 0.15) is 11.5 Å². The number of carbonyl (C=O) groups is 1. The Morgan fingerprint density at radius 3 is 2.68 bits per heavy atom. The van der Waals surface area contributed by atoms with Crippen molar-refractivity contribution in [1.82, 2.24) is 5.32 Å². The monoisotopic (exact) mass is 353 g/mol. The van der Waals surface area contributed by atoms with Crippen molar-refractivity contribution in [2.45, 2.75) is 0 Å². The zero-order valence-electron chi connectivity index (χ0n) is 11.0. The fourth-order valence-electron chi connectivity index (χ4n) is 1.79. The van der Waals surface area contributed by atoms with Crippen LogP contribution in [0.2, 0.25) is 10.0 Å². The quantitative estimate of drug-likeness (QED) is 0.673. The number of halogens is 2. The van der Waals surface area contributed by atoms with E-state index in [0.29, 0.717) is 32.5 Å². The first-order valence-corrected chi connectivity index (χ1v) is 7.94. The van der Waals surface area contributed by atoms with Gasteiger partial charge in [-0.15, -0.1) is 5.10 Å². The molecule has 1 N–H and O–H groups in total. The maximum absolute atomic E-state index is 11.0. The molecular formula is C14H9Cl2N3O2S. The predicted molar refractivity (Wildman–Crippen MR) is 89.8 cm³/mol. The zero-order chi connectivity index (χ0) is 15.5. The Kier molecular flexibility index (Phi) is 4.52. The van der Waals surface area contributed by atoms with Gasteiger partial charge in [0.05, 0.1) is 12.0 Å². The molecule has 1 aliphatic rings. The van der Waals surface area contributed by atoms with Crippen molar-refractivity contribution in [1.29, 1.82) is 0 Å². The maximum Gasteiger partial charge on any atom is 0.236 e. The third-order valence-electron chi connectivity index (χ3n) is 2.69. The van der Waals surface area contributed by atoms with E-state index in [2.05, 4.69) is 15.5 Å². The Bertz CT molecular complexity index is 766. The molecule has 5 nitrogen and oxygen atoms in total. The van der Waals surface area contributed by atoms with E-state index < -0.39 is 0 Å². The minimum absolute atomic E-state index is 0.0722. The highest BCUT2D eigenvalue weighted by Gasteiger charge is 2.15. The molecule has 0 unspecified atom stereocenters. The van der Waals surface area contributed by atoms with Crippen molar-refractivity contribution in [2.75, 3.05) is 5.75 Å². The normalized spacial score (nSPS) is 16.6. The van der Waals surface area contributed by atoms with Gasteiger partial charge in [-0.25, -0.2) is 0 Å². The molecule has 0 aliphatic carbocycles. The van der Waals surface area contributed by atoms with Crippen molar-refractivity contribution >= 4 is 52.3 Å². The van der Waals surface area contributed by atoms with Crippen LogP contribution in [0.5, 0.6) is 0 Å². The van der Waals surface area contributed by atoms with Crippen LogP contribution in [0.15, 0.2) is 45.0 Å². The molecular weight excluding hydrogens is 345 g/mol. The lowest BCUT2D eigenvalue weighted by Gasteiger charge is -1.99. The summed E-state index contributed by atoms with van der Waals surface area (Å²) in [5, 5.41) is 11.9. The number of hydrogen-bond acceptors (Lipinski definition) is 5. The number of thioether (sulfide) groups is 1. The summed E-state index contributed by atoms with van der Waals surface area (Å²) in [6, 6.07) is 8.73. The van der Waals surface area contributed by atoms with Gasteiger partial charge in [0, 0.05) is 15.6 Å². The number of carbonyl (C=O) groups excluding carboxylic acids is 1. The van der Waals surface area contributed by atoms with Crippen molar-refractivity contribution in [2.24, 2.45) is 10.2 Å². The third kappa shape index (κ3) is 3.71. The van der Waals surface area contributed by atoms with Gasteiger partial charge >= 0.3 is 0 Å². The van der Waals surface area contributed by atoms with Crippen LogP contribution in [0.3, 0.4) is 0 Å². The summed E-state index contributed by atoms with van der Waals surface area (Å²) in [6.45, 7) is 0. The van der Waals surface area contributed by atoms with E-state index in [1.807, 2.05) is 0 Å². The second-order valence-electron chi connectivity index (χ2n) is 4.35.